The summed E-state index contributed by atoms with van der Waals surface area (Å²) in [6.45, 7) is 1.21. The van der Waals surface area contributed by atoms with E-state index in [9.17, 15) is 18.4 Å². The number of hydrogen-bond donors (Lipinski definition) is 1. The maximum Gasteiger partial charge on any atom is 0.371 e. The van der Waals surface area contributed by atoms with Crippen LogP contribution in [0.5, 0.6) is 0 Å². The first-order chi connectivity index (χ1) is 8.45. The van der Waals surface area contributed by atoms with Crippen molar-refractivity contribution >= 4 is 11.9 Å². The Morgan fingerprint density at radius 2 is 2.00 bits per heavy atom. The highest BCUT2D eigenvalue weighted by Crippen LogP contribution is 2.12. The summed E-state index contributed by atoms with van der Waals surface area (Å²) in [4.78, 5) is 23.3. The van der Waals surface area contributed by atoms with Crippen molar-refractivity contribution in [1.82, 2.24) is 4.90 Å². The van der Waals surface area contributed by atoms with Crippen LogP contribution in [0.25, 0.3) is 0 Å². The molecule has 0 aliphatic heterocycles. The van der Waals surface area contributed by atoms with Gasteiger partial charge in [0, 0.05) is 6.54 Å². The summed E-state index contributed by atoms with van der Waals surface area (Å²) in [6, 6.07) is 2.28. The minimum atomic E-state index is -2.64. The number of furan rings is 1. The Balaban J connectivity index is 2.83. The zero-order chi connectivity index (χ0) is 13.7. The number of nitrogens with zero attached hydrogens (tertiary/aromatic N) is 1. The third-order valence-electron chi connectivity index (χ3n) is 2.17. The molecule has 0 saturated heterocycles. The van der Waals surface area contributed by atoms with Crippen LogP contribution in [0.4, 0.5) is 8.78 Å². The molecule has 1 amide bonds. The first kappa shape index (κ1) is 14.1. The number of carboxylic acids is 1. The van der Waals surface area contributed by atoms with Crippen LogP contribution in [0, 0.1) is 0 Å². The first-order valence-corrected chi connectivity index (χ1v) is 5.36. The molecule has 1 heterocycles. The normalized spacial score (nSPS) is 10.7. The van der Waals surface area contributed by atoms with E-state index in [4.69, 9.17) is 9.52 Å². The second-order valence-corrected chi connectivity index (χ2v) is 3.61. The Hall–Kier alpha value is -1.92. The zero-order valence-electron chi connectivity index (χ0n) is 9.73. The van der Waals surface area contributed by atoms with Crippen molar-refractivity contribution < 1.29 is 27.9 Å². The number of rotatable bonds is 6. The number of carboxylic acid groups (broad SMARTS) is 1. The van der Waals surface area contributed by atoms with Gasteiger partial charge in [-0.1, -0.05) is 6.92 Å². The molecule has 18 heavy (non-hydrogen) atoms. The topological polar surface area (TPSA) is 70.8 Å². The SMILES string of the molecule is CCCN(CC(F)F)C(=O)c1ccc(C(=O)O)o1. The fourth-order valence-corrected chi connectivity index (χ4v) is 1.44. The van der Waals surface area contributed by atoms with Crippen LogP contribution in [-0.2, 0) is 0 Å². The predicted octanol–water partition coefficient (Wildman–Crippen LogP) is 2.10. The number of halogens is 2. The van der Waals surface area contributed by atoms with E-state index in [2.05, 4.69) is 0 Å². The van der Waals surface area contributed by atoms with E-state index in [1.165, 1.54) is 6.07 Å². The molecule has 0 aromatic carbocycles. The molecule has 0 saturated carbocycles. The van der Waals surface area contributed by atoms with E-state index in [1.807, 2.05) is 0 Å². The molecule has 0 aliphatic carbocycles. The molecular weight excluding hydrogens is 248 g/mol. The van der Waals surface area contributed by atoms with Crippen molar-refractivity contribution in [3.63, 3.8) is 0 Å². The number of aromatic carboxylic acids is 1. The minimum absolute atomic E-state index is 0.159. The fraction of sp³-hybridized carbons (Fsp3) is 0.455. The number of amides is 1. The number of alkyl halides is 2. The molecule has 0 fully saturated rings. The molecule has 100 valence electrons. The Bertz CT molecular complexity index is 430. The van der Waals surface area contributed by atoms with Gasteiger partial charge in [-0.2, -0.15) is 0 Å². The Morgan fingerprint density at radius 3 is 2.44 bits per heavy atom. The number of carbonyl (C=O) groups excluding carboxylic acids is 1. The van der Waals surface area contributed by atoms with Crippen LogP contribution in [0.3, 0.4) is 0 Å². The van der Waals surface area contributed by atoms with Crippen LogP contribution in [0.1, 0.15) is 34.5 Å². The van der Waals surface area contributed by atoms with E-state index in [0.29, 0.717) is 6.42 Å². The smallest absolute Gasteiger partial charge is 0.371 e. The van der Waals surface area contributed by atoms with Crippen molar-refractivity contribution in [1.29, 1.82) is 0 Å². The van der Waals surface area contributed by atoms with Gasteiger partial charge in [0.05, 0.1) is 6.54 Å². The van der Waals surface area contributed by atoms with Gasteiger partial charge in [0.2, 0.25) is 5.76 Å². The highest BCUT2D eigenvalue weighted by atomic mass is 19.3. The summed E-state index contributed by atoms with van der Waals surface area (Å²) in [7, 11) is 0. The molecule has 5 nitrogen and oxygen atoms in total. The summed E-state index contributed by atoms with van der Waals surface area (Å²) in [5.74, 6) is -2.69. The van der Waals surface area contributed by atoms with Gasteiger partial charge < -0.3 is 14.4 Å². The van der Waals surface area contributed by atoms with E-state index >= 15 is 0 Å². The third kappa shape index (κ3) is 3.54. The minimum Gasteiger partial charge on any atom is -0.475 e. The summed E-state index contributed by atoms with van der Waals surface area (Å²) in [5.41, 5.74) is 0. The predicted molar refractivity (Wildman–Crippen MR) is 57.9 cm³/mol. The second-order valence-electron chi connectivity index (χ2n) is 3.61. The molecule has 0 atom stereocenters. The van der Waals surface area contributed by atoms with Crippen LogP contribution in [0.15, 0.2) is 16.5 Å². The molecule has 1 aromatic heterocycles. The third-order valence-corrected chi connectivity index (χ3v) is 2.17. The Morgan fingerprint density at radius 1 is 1.39 bits per heavy atom. The van der Waals surface area contributed by atoms with Crippen molar-refractivity contribution in [3.8, 4) is 0 Å². The molecule has 1 N–H and O–H groups in total. The van der Waals surface area contributed by atoms with Crippen LogP contribution >= 0.6 is 0 Å². The van der Waals surface area contributed by atoms with Crippen molar-refractivity contribution in [2.45, 2.75) is 19.8 Å². The molecule has 1 aromatic rings. The quantitative estimate of drug-likeness (QED) is 0.851. The molecule has 0 unspecified atom stereocenters. The van der Waals surface area contributed by atoms with Crippen molar-refractivity contribution in [2.75, 3.05) is 13.1 Å². The fourth-order valence-electron chi connectivity index (χ4n) is 1.44. The summed E-state index contributed by atoms with van der Waals surface area (Å²) in [6.07, 6.45) is -2.13. The largest absolute Gasteiger partial charge is 0.475 e. The molecule has 0 spiro atoms. The van der Waals surface area contributed by atoms with Gasteiger partial charge >= 0.3 is 5.97 Å². The average Bonchev–Trinajstić information content (AvgIpc) is 2.76. The highest BCUT2D eigenvalue weighted by molar-refractivity contribution is 5.93. The number of hydrogen-bond acceptors (Lipinski definition) is 3. The van der Waals surface area contributed by atoms with E-state index in [-0.39, 0.29) is 12.3 Å². The highest BCUT2D eigenvalue weighted by Gasteiger charge is 2.22. The molecule has 7 heteroatoms. The Kier molecular flexibility index (Phi) is 4.82. The van der Waals surface area contributed by atoms with Gasteiger partial charge in [-0.15, -0.1) is 0 Å². The van der Waals surface area contributed by atoms with Gasteiger partial charge in [-0.3, -0.25) is 4.79 Å². The van der Waals surface area contributed by atoms with Crippen LogP contribution < -0.4 is 0 Å². The van der Waals surface area contributed by atoms with Gasteiger partial charge in [0.25, 0.3) is 12.3 Å². The summed E-state index contributed by atoms with van der Waals surface area (Å²) in [5, 5.41) is 8.63. The van der Waals surface area contributed by atoms with E-state index in [1.54, 1.807) is 6.92 Å². The molecule has 0 bridgehead atoms. The molecule has 0 radical (unpaired) electrons. The van der Waals surface area contributed by atoms with Crippen LogP contribution in [-0.4, -0.2) is 41.4 Å². The summed E-state index contributed by atoms with van der Waals surface area (Å²) >= 11 is 0. The standard InChI is InChI=1S/C11H13F2NO4/c1-2-5-14(6-9(12)13)10(15)7-3-4-8(18-7)11(16)17/h3-4,9H,2,5-6H2,1H3,(H,16,17). The number of carbonyl (C=O) groups is 2. The monoisotopic (exact) mass is 261 g/mol. The Labute approximate surface area is 102 Å². The van der Waals surface area contributed by atoms with Crippen molar-refractivity contribution in [2.24, 2.45) is 0 Å². The zero-order valence-corrected chi connectivity index (χ0v) is 9.73. The van der Waals surface area contributed by atoms with E-state index in [0.717, 1.165) is 11.0 Å². The lowest BCUT2D eigenvalue weighted by atomic mass is 10.3. The maximum atomic E-state index is 12.3. The molecule has 1 rings (SSSR count). The first-order valence-electron chi connectivity index (χ1n) is 5.36. The van der Waals surface area contributed by atoms with Crippen molar-refractivity contribution in [3.05, 3.63) is 23.7 Å². The summed E-state index contributed by atoms with van der Waals surface area (Å²) < 4.78 is 29.4. The van der Waals surface area contributed by atoms with Gasteiger partial charge in [0.1, 0.15) is 0 Å². The van der Waals surface area contributed by atoms with Gasteiger partial charge in [-0.05, 0) is 18.6 Å². The van der Waals surface area contributed by atoms with Gasteiger partial charge in [-0.25, -0.2) is 13.6 Å². The molecule has 0 aliphatic rings. The lowest BCUT2D eigenvalue weighted by molar-refractivity contribution is 0.0521. The lowest BCUT2D eigenvalue weighted by Gasteiger charge is -2.20. The molecular formula is C11H13F2NO4. The maximum absolute atomic E-state index is 12.3. The van der Waals surface area contributed by atoms with Crippen LogP contribution in [0.2, 0.25) is 0 Å². The second kappa shape index (κ2) is 6.13. The van der Waals surface area contributed by atoms with Gasteiger partial charge in [0.15, 0.2) is 5.76 Å². The average molecular weight is 261 g/mol. The lowest BCUT2D eigenvalue weighted by Crippen LogP contribution is -2.35. The van der Waals surface area contributed by atoms with E-state index < -0.39 is 30.6 Å².